The van der Waals surface area contributed by atoms with Gasteiger partial charge in [-0.3, -0.25) is 4.79 Å². The third-order valence-electron chi connectivity index (χ3n) is 3.34. The third-order valence-corrected chi connectivity index (χ3v) is 3.34. The summed E-state index contributed by atoms with van der Waals surface area (Å²) in [6.07, 6.45) is 1.70. The standard InChI is InChI=1S/C11H13N3O2/c1-11-6-16-5-8(11)14-9-7(13-10(11)15)3-2-4-12-9/h2-4,8H,5-6H2,1H3,(H,12,14)(H,13,15). The van der Waals surface area contributed by atoms with Crippen LogP contribution in [0.1, 0.15) is 6.92 Å². The Hall–Kier alpha value is -1.62. The number of pyridine rings is 1. The normalized spacial score (nSPS) is 32.1. The van der Waals surface area contributed by atoms with Crippen molar-refractivity contribution in [3.8, 4) is 0 Å². The highest BCUT2D eigenvalue weighted by Gasteiger charge is 2.48. The molecule has 2 aliphatic heterocycles. The molecule has 0 bridgehead atoms. The number of anilines is 2. The summed E-state index contributed by atoms with van der Waals surface area (Å²) in [6, 6.07) is 3.64. The van der Waals surface area contributed by atoms with E-state index in [-0.39, 0.29) is 11.9 Å². The molecule has 2 unspecified atom stereocenters. The lowest BCUT2D eigenvalue weighted by Gasteiger charge is -2.25. The molecular formula is C11H13N3O2. The van der Waals surface area contributed by atoms with Crippen LogP contribution in [0.2, 0.25) is 0 Å². The van der Waals surface area contributed by atoms with Crippen LogP contribution >= 0.6 is 0 Å². The molecule has 1 aromatic heterocycles. The average Bonchev–Trinajstić information content (AvgIpc) is 2.60. The third kappa shape index (κ3) is 1.21. The zero-order valence-corrected chi connectivity index (χ0v) is 8.99. The van der Waals surface area contributed by atoms with Crippen molar-refractivity contribution in [1.29, 1.82) is 0 Å². The zero-order valence-electron chi connectivity index (χ0n) is 8.99. The number of nitrogens with one attached hydrogen (secondary N) is 2. The Morgan fingerprint density at radius 2 is 2.50 bits per heavy atom. The maximum absolute atomic E-state index is 12.1. The molecule has 16 heavy (non-hydrogen) atoms. The van der Waals surface area contributed by atoms with Gasteiger partial charge in [-0.05, 0) is 19.1 Å². The zero-order chi connectivity index (χ0) is 11.2. The Bertz CT molecular complexity index is 449. The molecule has 1 saturated heterocycles. The predicted octanol–water partition coefficient (Wildman–Crippen LogP) is 0.851. The highest BCUT2D eigenvalue weighted by Crippen LogP contribution is 2.36. The minimum Gasteiger partial charge on any atom is -0.378 e. The van der Waals surface area contributed by atoms with Crippen LogP contribution in [0.5, 0.6) is 0 Å². The summed E-state index contributed by atoms with van der Waals surface area (Å²) in [5, 5.41) is 6.16. The minimum atomic E-state index is -0.513. The van der Waals surface area contributed by atoms with Gasteiger partial charge in [-0.25, -0.2) is 4.98 Å². The number of nitrogens with zero attached hydrogens (tertiary/aromatic N) is 1. The molecule has 2 aliphatic rings. The van der Waals surface area contributed by atoms with Gasteiger partial charge < -0.3 is 15.4 Å². The van der Waals surface area contributed by atoms with E-state index in [2.05, 4.69) is 15.6 Å². The smallest absolute Gasteiger partial charge is 0.234 e. The number of hydrogen-bond donors (Lipinski definition) is 2. The number of ether oxygens (including phenoxy) is 1. The van der Waals surface area contributed by atoms with Crippen LogP contribution in [-0.4, -0.2) is 30.1 Å². The van der Waals surface area contributed by atoms with Crippen molar-refractivity contribution in [1.82, 2.24) is 4.98 Å². The number of fused-ring (bicyclic) bond motifs is 2. The van der Waals surface area contributed by atoms with Crippen molar-refractivity contribution in [2.45, 2.75) is 13.0 Å². The van der Waals surface area contributed by atoms with E-state index in [1.165, 1.54) is 0 Å². The molecule has 2 N–H and O–H groups in total. The molecule has 1 aromatic rings. The lowest BCUT2D eigenvalue weighted by Crippen LogP contribution is -2.44. The van der Waals surface area contributed by atoms with Crippen LogP contribution in [0, 0.1) is 5.41 Å². The highest BCUT2D eigenvalue weighted by atomic mass is 16.5. The monoisotopic (exact) mass is 219 g/mol. The maximum atomic E-state index is 12.1. The number of rotatable bonds is 0. The summed E-state index contributed by atoms with van der Waals surface area (Å²) in [4.78, 5) is 16.3. The van der Waals surface area contributed by atoms with E-state index in [0.717, 1.165) is 11.5 Å². The van der Waals surface area contributed by atoms with Crippen LogP contribution in [0.25, 0.3) is 0 Å². The van der Waals surface area contributed by atoms with Gasteiger partial charge in [0.15, 0.2) is 0 Å². The number of aromatic nitrogens is 1. The summed E-state index contributed by atoms with van der Waals surface area (Å²) in [6.45, 7) is 2.91. The van der Waals surface area contributed by atoms with E-state index < -0.39 is 5.41 Å². The van der Waals surface area contributed by atoms with Gasteiger partial charge in [0.1, 0.15) is 5.82 Å². The van der Waals surface area contributed by atoms with Crippen LogP contribution in [-0.2, 0) is 9.53 Å². The summed E-state index contributed by atoms with van der Waals surface area (Å²) in [5.74, 6) is 0.712. The van der Waals surface area contributed by atoms with Gasteiger partial charge in [0.25, 0.3) is 0 Å². The van der Waals surface area contributed by atoms with Gasteiger partial charge in [-0.15, -0.1) is 0 Å². The predicted molar refractivity (Wildman–Crippen MR) is 59.2 cm³/mol. The van der Waals surface area contributed by atoms with E-state index in [9.17, 15) is 4.79 Å². The number of amides is 1. The SMILES string of the molecule is CC12COCC1Nc1ncccc1NC2=O. The second kappa shape index (κ2) is 3.18. The van der Waals surface area contributed by atoms with Crippen LogP contribution in [0.15, 0.2) is 18.3 Å². The molecule has 84 valence electrons. The second-order valence-corrected chi connectivity index (χ2v) is 4.48. The van der Waals surface area contributed by atoms with Gasteiger partial charge in [0, 0.05) is 6.20 Å². The van der Waals surface area contributed by atoms with E-state index in [1.54, 1.807) is 12.3 Å². The fourth-order valence-electron chi connectivity index (χ4n) is 2.15. The van der Waals surface area contributed by atoms with Crippen molar-refractivity contribution in [2.24, 2.45) is 5.41 Å². The first kappa shape index (κ1) is 9.59. The summed E-state index contributed by atoms with van der Waals surface area (Å²) >= 11 is 0. The second-order valence-electron chi connectivity index (χ2n) is 4.48. The van der Waals surface area contributed by atoms with Crippen molar-refractivity contribution < 1.29 is 9.53 Å². The van der Waals surface area contributed by atoms with Gasteiger partial charge >= 0.3 is 0 Å². The molecule has 3 heterocycles. The van der Waals surface area contributed by atoms with E-state index in [4.69, 9.17) is 4.74 Å². The molecule has 3 rings (SSSR count). The lowest BCUT2D eigenvalue weighted by molar-refractivity contribution is -0.124. The van der Waals surface area contributed by atoms with Gasteiger partial charge in [-0.1, -0.05) is 0 Å². The Morgan fingerprint density at radius 3 is 3.38 bits per heavy atom. The quantitative estimate of drug-likeness (QED) is 0.679. The molecule has 0 spiro atoms. The van der Waals surface area contributed by atoms with E-state index >= 15 is 0 Å². The Morgan fingerprint density at radius 1 is 1.62 bits per heavy atom. The topological polar surface area (TPSA) is 63.2 Å². The Balaban J connectivity index is 2.06. The number of hydrogen-bond acceptors (Lipinski definition) is 4. The Labute approximate surface area is 93.2 Å². The summed E-state index contributed by atoms with van der Waals surface area (Å²) in [7, 11) is 0. The molecule has 0 aromatic carbocycles. The number of carbonyl (C=O) groups is 1. The maximum Gasteiger partial charge on any atom is 0.234 e. The van der Waals surface area contributed by atoms with Crippen molar-refractivity contribution in [3.05, 3.63) is 18.3 Å². The van der Waals surface area contributed by atoms with Crippen molar-refractivity contribution in [2.75, 3.05) is 23.8 Å². The molecule has 5 nitrogen and oxygen atoms in total. The van der Waals surface area contributed by atoms with Crippen LogP contribution in [0.4, 0.5) is 11.5 Å². The molecule has 2 atom stereocenters. The fraction of sp³-hybridized carbons (Fsp3) is 0.455. The van der Waals surface area contributed by atoms with Crippen LogP contribution < -0.4 is 10.6 Å². The summed E-state index contributed by atoms with van der Waals surface area (Å²) in [5.41, 5.74) is 0.226. The van der Waals surface area contributed by atoms with Crippen LogP contribution in [0.3, 0.4) is 0 Å². The Kier molecular flexibility index (Phi) is 1.91. The molecule has 0 saturated carbocycles. The number of carbonyl (C=O) groups excluding carboxylic acids is 1. The van der Waals surface area contributed by atoms with Crippen molar-refractivity contribution >= 4 is 17.4 Å². The molecule has 0 radical (unpaired) electrons. The minimum absolute atomic E-state index is 0.00532. The van der Waals surface area contributed by atoms with Crippen molar-refractivity contribution in [3.63, 3.8) is 0 Å². The van der Waals surface area contributed by atoms with Gasteiger partial charge in [0.2, 0.25) is 5.91 Å². The molecule has 0 aliphatic carbocycles. The van der Waals surface area contributed by atoms with Gasteiger partial charge in [-0.2, -0.15) is 0 Å². The molecule has 1 amide bonds. The lowest BCUT2D eigenvalue weighted by atomic mass is 9.84. The van der Waals surface area contributed by atoms with E-state index in [1.807, 2.05) is 13.0 Å². The van der Waals surface area contributed by atoms with E-state index in [0.29, 0.717) is 13.2 Å². The molecule has 5 heteroatoms. The molecular weight excluding hydrogens is 206 g/mol. The highest BCUT2D eigenvalue weighted by molar-refractivity contribution is 5.99. The summed E-state index contributed by atoms with van der Waals surface area (Å²) < 4.78 is 5.38. The fourth-order valence-corrected chi connectivity index (χ4v) is 2.15. The first-order valence-electron chi connectivity index (χ1n) is 5.31. The average molecular weight is 219 g/mol. The first-order chi connectivity index (χ1) is 7.70. The largest absolute Gasteiger partial charge is 0.378 e. The first-order valence-corrected chi connectivity index (χ1v) is 5.31. The van der Waals surface area contributed by atoms with Gasteiger partial charge in [0.05, 0.1) is 30.4 Å². The molecule has 1 fully saturated rings.